The molecule has 8 heteroatoms. The Balaban J connectivity index is 1.91. The second-order valence-electron chi connectivity index (χ2n) is 12.7. The topological polar surface area (TPSA) is 105 Å². The number of esters is 4. The summed E-state index contributed by atoms with van der Waals surface area (Å²) in [5.41, 5.74) is 1.79. The molecule has 0 spiro atoms. The highest BCUT2D eigenvalue weighted by Crippen LogP contribution is 2.60. The molecule has 0 aromatic heterocycles. The number of hydrogen-bond acceptors (Lipinski definition) is 8. The molecule has 7 atom stereocenters. The van der Waals surface area contributed by atoms with Gasteiger partial charge in [0.1, 0.15) is 24.4 Å². The first-order valence-electron chi connectivity index (χ1n) is 14.3. The summed E-state index contributed by atoms with van der Waals surface area (Å²) in [6.07, 6.45) is -0.425. The van der Waals surface area contributed by atoms with Crippen molar-refractivity contribution in [1.82, 2.24) is 0 Å². The summed E-state index contributed by atoms with van der Waals surface area (Å²) < 4.78 is 24.2. The van der Waals surface area contributed by atoms with Crippen molar-refractivity contribution in [3.8, 4) is 0 Å². The van der Waals surface area contributed by atoms with Gasteiger partial charge >= 0.3 is 23.9 Å². The van der Waals surface area contributed by atoms with Crippen LogP contribution in [0.15, 0.2) is 53.6 Å². The number of rotatable bonds is 5. The third-order valence-corrected chi connectivity index (χ3v) is 9.28. The molecule has 0 radical (unpaired) electrons. The van der Waals surface area contributed by atoms with Crippen molar-refractivity contribution >= 4 is 23.9 Å². The Morgan fingerprint density at radius 1 is 0.854 bits per heavy atom. The maximum absolute atomic E-state index is 13.4. The average Bonchev–Trinajstić information content (AvgIpc) is 2.84. The van der Waals surface area contributed by atoms with E-state index in [-0.39, 0.29) is 5.97 Å². The van der Waals surface area contributed by atoms with E-state index < -0.39 is 65.0 Å². The highest BCUT2D eigenvalue weighted by Gasteiger charge is 2.61. The van der Waals surface area contributed by atoms with Crippen LogP contribution in [-0.4, -0.2) is 48.3 Å². The molecular formula is C33H42O8. The highest BCUT2D eigenvalue weighted by atomic mass is 16.6. The van der Waals surface area contributed by atoms with Crippen LogP contribution in [0.4, 0.5) is 0 Å². The van der Waals surface area contributed by atoms with Gasteiger partial charge in [0.05, 0.1) is 5.56 Å². The van der Waals surface area contributed by atoms with Crippen LogP contribution in [0.1, 0.15) is 84.5 Å². The quantitative estimate of drug-likeness (QED) is 0.252. The summed E-state index contributed by atoms with van der Waals surface area (Å²) in [6.45, 7) is 16.7. The Labute approximate surface area is 242 Å². The SMILES string of the molecule is C=C1[C@@H](OC(C)=O)CC[C@@]2(C)C[C@H](OC(C)=O)C3=C(C)C[C@H](OC(=O)c4ccccc4)[C@@H]([C@@H](OC(C)=O)[C@H]12)C3(C)C. The molecule has 2 bridgehead atoms. The molecule has 0 unspecified atom stereocenters. The zero-order valence-electron chi connectivity index (χ0n) is 25.2. The molecule has 0 amide bonds. The molecule has 3 aliphatic rings. The van der Waals surface area contributed by atoms with Crippen LogP contribution in [0.2, 0.25) is 0 Å². The lowest BCUT2D eigenvalue weighted by atomic mass is 9.50. The molecule has 2 fully saturated rings. The van der Waals surface area contributed by atoms with Crippen molar-refractivity contribution in [3.05, 3.63) is 59.2 Å². The molecule has 222 valence electrons. The van der Waals surface area contributed by atoms with Gasteiger partial charge in [0.25, 0.3) is 0 Å². The third kappa shape index (κ3) is 5.97. The fourth-order valence-corrected chi connectivity index (χ4v) is 7.93. The Hall–Kier alpha value is -3.42. The van der Waals surface area contributed by atoms with E-state index in [0.717, 1.165) is 11.1 Å². The smallest absolute Gasteiger partial charge is 0.338 e. The number of fused-ring (bicyclic) bond motifs is 3. The Morgan fingerprint density at radius 3 is 2.02 bits per heavy atom. The van der Waals surface area contributed by atoms with E-state index in [0.29, 0.717) is 36.8 Å². The molecule has 1 aromatic rings. The molecule has 4 rings (SSSR count). The summed E-state index contributed by atoms with van der Waals surface area (Å²) in [5, 5.41) is 0. The van der Waals surface area contributed by atoms with E-state index in [1.807, 2.05) is 26.8 Å². The minimum absolute atomic E-state index is 0.384. The van der Waals surface area contributed by atoms with Crippen LogP contribution < -0.4 is 0 Å². The lowest BCUT2D eigenvalue weighted by molar-refractivity contribution is -0.179. The summed E-state index contributed by atoms with van der Waals surface area (Å²) in [4.78, 5) is 50.5. The molecule has 8 nitrogen and oxygen atoms in total. The number of hydrogen-bond donors (Lipinski definition) is 0. The van der Waals surface area contributed by atoms with Gasteiger partial charge in [-0.3, -0.25) is 14.4 Å². The first-order chi connectivity index (χ1) is 19.2. The minimum atomic E-state index is -0.742. The third-order valence-electron chi connectivity index (χ3n) is 9.28. The van der Waals surface area contributed by atoms with Crippen molar-refractivity contribution in [2.24, 2.45) is 22.7 Å². The Kier molecular flexibility index (Phi) is 8.53. The van der Waals surface area contributed by atoms with Crippen molar-refractivity contribution in [2.75, 3.05) is 0 Å². The molecule has 1 aromatic carbocycles. The molecule has 0 heterocycles. The summed E-state index contributed by atoms with van der Waals surface area (Å²) in [6, 6.07) is 8.78. The maximum atomic E-state index is 13.4. The molecule has 0 N–H and O–H groups in total. The number of carbonyl (C=O) groups excluding carboxylic acids is 4. The number of carbonyl (C=O) groups is 4. The maximum Gasteiger partial charge on any atom is 0.338 e. The van der Waals surface area contributed by atoms with Gasteiger partial charge < -0.3 is 18.9 Å². The predicted molar refractivity (Wildman–Crippen MR) is 151 cm³/mol. The summed E-state index contributed by atoms with van der Waals surface area (Å²) in [5.74, 6) is -2.69. The lowest BCUT2D eigenvalue weighted by Crippen LogP contribution is -2.60. The molecule has 0 aliphatic heterocycles. The first kappa shape index (κ1) is 30.5. The van der Waals surface area contributed by atoms with Gasteiger partial charge in [0, 0.05) is 39.0 Å². The van der Waals surface area contributed by atoms with Crippen LogP contribution in [-0.2, 0) is 33.3 Å². The number of benzene rings is 1. The van der Waals surface area contributed by atoms with E-state index in [9.17, 15) is 19.2 Å². The predicted octanol–water partition coefficient (Wildman–Crippen LogP) is 5.75. The van der Waals surface area contributed by atoms with Crippen LogP contribution >= 0.6 is 0 Å². The average molecular weight is 567 g/mol. The van der Waals surface area contributed by atoms with Gasteiger partial charge in [0.15, 0.2) is 0 Å². The van der Waals surface area contributed by atoms with Crippen LogP contribution in [0.5, 0.6) is 0 Å². The second kappa shape index (κ2) is 11.5. The van der Waals surface area contributed by atoms with E-state index in [1.54, 1.807) is 24.3 Å². The van der Waals surface area contributed by atoms with Gasteiger partial charge in [-0.2, -0.15) is 0 Å². The van der Waals surface area contributed by atoms with Gasteiger partial charge in [0.2, 0.25) is 0 Å². The first-order valence-corrected chi connectivity index (χ1v) is 14.3. The fraction of sp³-hybridized carbons (Fsp3) is 0.576. The van der Waals surface area contributed by atoms with Crippen molar-refractivity contribution in [2.45, 2.75) is 98.6 Å². The van der Waals surface area contributed by atoms with Crippen molar-refractivity contribution < 1.29 is 38.1 Å². The van der Waals surface area contributed by atoms with Crippen LogP contribution in [0.25, 0.3) is 0 Å². The largest absolute Gasteiger partial charge is 0.461 e. The van der Waals surface area contributed by atoms with Crippen molar-refractivity contribution in [3.63, 3.8) is 0 Å². The van der Waals surface area contributed by atoms with Gasteiger partial charge in [-0.05, 0) is 60.3 Å². The Morgan fingerprint density at radius 2 is 1.44 bits per heavy atom. The highest BCUT2D eigenvalue weighted by molar-refractivity contribution is 5.89. The van der Waals surface area contributed by atoms with E-state index in [1.165, 1.54) is 20.8 Å². The fourth-order valence-electron chi connectivity index (χ4n) is 7.93. The molecule has 2 saturated carbocycles. The van der Waals surface area contributed by atoms with Crippen LogP contribution in [0, 0.1) is 22.7 Å². The standard InChI is InChI=1S/C33H42O8/c1-18-16-25(41-31(37)23-12-10-9-11-13-23)29-30(40-22(5)36)28-19(2)24(38-20(3)34)14-15-33(28,8)17-26(39-21(4)35)27(18)32(29,6)7/h9-13,24-26,28-30H,2,14-17H2,1,3-8H3/t24-,25-,26-,28-,29-,30-,33-/m0/s1. The zero-order valence-corrected chi connectivity index (χ0v) is 25.2. The van der Waals surface area contributed by atoms with Gasteiger partial charge in [-0.15, -0.1) is 0 Å². The van der Waals surface area contributed by atoms with E-state index in [2.05, 4.69) is 13.5 Å². The zero-order chi connectivity index (χ0) is 30.3. The molecule has 41 heavy (non-hydrogen) atoms. The van der Waals surface area contributed by atoms with Gasteiger partial charge in [-0.1, -0.05) is 51.1 Å². The summed E-state index contributed by atoms with van der Waals surface area (Å²) >= 11 is 0. The second-order valence-corrected chi connectivity index (χ2v) is 12.7. The summed E-state index contributed by atoms with van der Waals surface area (Å²) in [7, 11) is 0. The molecule has 3 aliphatic carbocycles. The van der Waals surface area contributed by atoms with Gasteiger partial charge in [-0.25, -0.2) is 4.79 Å². The molecule has 0 saturated heterocycles. The van der Waals surface area contributed by atoms with Crippen molar-refractivity contribution in [1.29, 1.82) is 0 Å². The lowest BCUT2D eigenvalue weighted by Gasteiger charge is -2.58. The minimum Gasteiger partial charge on any atom is -0.461 e. The van der Waals surface area contributed by atoms with E-state index in [4.69, 9.17) is 18.9 Å². The van der Waals surface area contributed by atoms with E-state index >= 15 is 0 Å². The Bertz CT molecular complexity index is 1260. The molecular weight excluding hydrogens is 524 g/mol. The van der Waals surface area contributed by atoms with Crippen LogP contribution in [0.3, 0.4) is 0 Å². The normalized spacial score (nSPS) is 32.5. The number of ether oxygens (including phenoxy) is 4. The monoisotopic (exact) mass is 566 g/mol.